The third-order valence-corrected chi connectivity index (χ3v) is 5.86. The summed E-state index contributed by atoms with van der Waals surface area (Å²) < 4.78 is 6.61. The third-order valence-electron chi connectivity index (χ3n) is 4.71. The Morgan fingerprint density at radius 3 is 2.23 bits per heavy atom. The first-order valence-corrected chi connectivity index (χ1v) is 10.7. The van der Waals surface area contributed by atoms with E-state index in [1.165, 1.54) is 18.2 Å². The standard InChI is InChI=1S/C23H13Br2NO5/c24-12-8-9-18(17(25)10-12)26-19(27)11-31-23(30)16-7-3-6-15-20(16)22(29)14-5-2-1-4-13(14)21(15)28/h1-10H,11H2,(H,26,27). The molecule has 0 radical (unpaired) electrons. The van der Waals surface area contributed by atoms with Gasteiger partial charge in [0.15, 0.2) is 18.2 Å². The summed E-state index contributed by atoms with van der Waals surface area (Å²) in [6.07, 6.45) is 0. The van der Waals surface area contributed by atoms with Crippen molar-refractivity contribution in [2.75, 3.05) is 11.9 Å². The number of hydrogen-bond donors (Lipinski definition) is 1. The second kappa shape index (κ2) is 8.56. The molecule has 8 heteroatoms. The van der Waals surface area contributed by atoms with Crippen molar-refractivity contribution in [3.63, 3.8) is 0 Å². The average molecular weight is 543 g/mol. The van der Waals surface area contributed by atoms with Gasteiger partial charge in [-0.2, -0.15) is 0 Å². The largest absolute Gasteiger partial charge is 0.452 e. The number of ether oxygens (including phenoxy) is 1. The number of halogens is 2. The molecule has 0 heterocycles. The van der Waals surface area contributed by atoms with Crippen LogP contribution in [0, 0.1) is 0 Å². The van der Waals surface area contributed by atoms with Gasteiger partial charge in [0.05, 0.1) is 11.3 Å². The Balaban J connectivity index is 1.53. The summed E-state index contributed by atoms with van der Waals surface area (Å²) in [7, 11) is 0. The van der Waals surface area contributed by atoms with Crippen LogP contribution < -0.4 is 5.32 Å². The molecule has 0 spiro atoms. The van der Waals surface area contributed by atoms with Gasteiger partial charge < -0.3 is 10.1 Å². The maximum Gasteiger partial charge on any atom is 0.339 e. The Labute approximate surface area is 193 Å². The van der Waals surface area contributed by atoms with Crippen molar-refractivity contribution < 1.29 is 23.9 Å². The van der Waals surface area contributed by atoms with Crippen molar-refractivity contribution in [1.82, 2.24) is 0 Å². The van der Waals surface area contributed by atoms with E-state index in [2.05, 4.69) is 37.2 Å². The van der Waals surface area contributed by atoms with Crippen LogP contribution >= 0.6 is 31.9 Å². The Kier molecular flexibility index (Phi) is 5.84. The number of rotatable bonds is 4. The number of benzene rings is 3. The highest BCUT2D eigenvalue weighted by atomic mass is 79.9. The lowest BCUT2D eigenvalue weighted by Gasteiger charge is -2.19. The summed E-state index contributed by atoms with van der Waals surface area (Å²) in [6.45, 7) is -0.552. The van der Waals surface area contributed by atoms with Gasteiger partial charge in [0.2, 0.25) is 0 Å². The molecule has 0 saturated carbocycles. The van der Waals surface area contributed by atoms with Crippen LogP contribution in [-0.2, 0) is 9.53 Å². The van der Waals surface area contributed by atoms with Crippen LogP contribution in [0.2, 0.25) is 0 Å². The van der Waals surface area contributed by atoms with E-state index in [9.17, 15) is 19.2 Å². The third kappa shape index (κ3) is 4.08. The summed E-state index contributed by atoms with van der Waals surface area (Å²) in [5, 5.41) is 2.63. The zero-order valence-corrected chi connectivity index (χ0v) is 18.9. The minimum absolute atomic E-state index is 0.00716. The van der Waals surface area contributed by atoms with Crippen molar-refractivity contribution in [2.45, 2.75) is 0 Å². The maximum atomic E-state index is 13.0. The topological polar surface area (TPSA) is 89.5 Å². The zero-order chi connectivity index (χ0) is 22.1. The molecule has 0 aromatic heterocycles. The molecule has 0 fully saturated rings. The van der Waals surface area contributed by atoms with Crippen molar-refractivity contribution in [2.24, 2.45) is 0 Å². The minimum atomic E-state index is -0.859. The molecule has 0 unspecified atom stereocenters. The van der Waals surface area contributed by atoms with Crippen molar-refractivity contribution in [3.05, 3.63) is 97.4 Å². The number of anilines is 1. The molecule has 3 aromatic carbocycles. The van der Waals surface area contributed by atoms with E-state index < -0.39 is 24.3 Å². The quantitative estimate of drug-likeness (QED) is 0.375. The summed E-state index contributed by atoms with van der Waals surface area (Å²) in [6, 6.07) is 16.1. The number of carbonyl (C=O) groups excluding carboxylic acids is 4. The highest BCUT2D eigenvalue weighted by Gasteiger charge is 2.33. The molecular weight excluding hydrogens is 530 g/mol. The highest BCUT2D eigenvalue weighted by molar-refractivity contribution is 9.11. The lowest BCUT2D eigenvalue weighted by molar-refractivity contribution is -0.119. The van der Waals surface area contributed by atoms with E-state index in [0.717, 1.165) is 4.47 Å². The van der Waals surface area contributed by atoms with E-state index in [4.69, 9.17) is 4.74 Å². The summed E-state index contributed by atoms with van der Waals surface area (Å²) in [5.41, 5.74) is 1.12. The molecule has 0 bridgehead atoms. The normalized spacial score (nSPS) is 12.1. The van der Waals surface area contributed by atoms with Gasteiger partial charge in [0.25, 0.3) is 5.91 Å². The predicted octanol–water partition coefficient (Wildman–Crippen LogP) is 4.78. The molecule has 0 saturated heterocycles. The lowest BCUT2D eigenvalue weighted by atomic mass is 9.82. The van der Waals surface area contributed by atoms with Gasteiger partial charge in [-0.3, -0.25) is 14.4 Å². The van der Waals surface area contributed by atoms with Crippen LogP contribution in [-0.4, -0.2) is 30.0 Å². The number of hydrogen-bond acceptors (Lipinski definition) is 5. The number of amides is 1. The number of carbonyl (C=O) groups is 4. The second-order valence-electron chi connectivity index (χ2n) is 6.68. The average Bonchev–Trinajstić information content (AvgIpc) is 2.77. The zero-order valence-electron chi connectivity index (χ0n) is 15.8. The summed E-state index contributed by atoms with van der Waals surface area (Å²) >= 11 is 6.66. The van der Waals surface area contributed by atoms with E-state index in [-0.39, 0.29) is 28.0 Å². The monoisotopic (exact) mass is 541 g/mol. The maximum absolute atomic E-state index is 13.0. The number of ketones is 2. The molecule has 0 atom stereocenters. The van der Waals surface area contributed by atoms with Gasteiger partial charge in [0.1, 0.15) is 0 Å². The second-order valence-corrected chi connectivity index (χ2v) is 8.45. The highest BCUT2D eigenvalue weighted by Crippen LogP contribution is 2.30. The Morgan fingerprint density at radius 2 is 1.52 bits per heavy atom. The molecule has 6 nitrogen and oxygen atoms in total. The molecule has 154 valence electrons. The fourth-order valence-electron chi connectivity index (χ4n) is 3.30. The van der Waals surface area contributed by atoms with Gasteiger partial charge in [0, 0.05) is 31.2 Å². The Hall–Kier alpha value is -3.10. The van der Waals surface area contributed by atoms with E-state index in [1.54, 1.807) is 42.5 Å². The van der Waals surface area contributed by atoms with Gasteiger partial charge in [-0.25, -0.2) is 4.79 Å². The molecule has 31 heavy (non-hydrogen) atoms. The van der Waals surface area contributed by atoms with E-state index >= 15 is 0 Å². The Bertz CT molecular complexity index is 1270. The van der Waals surface area contributed by atoms with Crippen LogP contribution in [0.1, 0.15) is 42.2 Å². The fourth-order valence-corrected chi connectivity index (χ4v) is 4.45. The van der Waals surface area contributed by atoms with Crippen LogP contribution in [0.4, 0.5) is 5.69 Å². The van der Waals surface area contributed by atoms with Crippen LogP contribution in [0.15, 0.2) is 69.6 Å². The Morgan fingerprint density at radius 1 is 0.839 bits per heavy atom. The first-order valence-electron chi connectivity index (χ1n) is 9.10. The fraction of sp³-hybridized carbons (Fsp3) is 0.0435. The van der Waals surface area contributed by atoms with Gasteiger partial charge in [-0.15, -0.1) is 0 Å². The predicted molar refractivity (Wildman–Crippen MR) is 121 cm³/mol. The number of fused-ring (bicyclic) bond motifs is 2. The minimum Gasteiger partial charge on any atom is -0.452 e. The van der Waals surface area contributed by atoms with Crippen LogP contribution in [0.5, 0.6) is 0 Å². The molecule has 1 aliphatic carbocycles. The summed E-state index contributed by atoms with van der Waals surface area (Å²) in [5.74, 6) is -2.17. The summed E-state index contributed by atoms with van der Waals surface area (Å²) in [4.78, 5) is 50.6. The molecule has 1 amide bonds. The van der Waals surface area contributed by atoms with E-state index in [1.807, 2.05) is 0 Å². The first kappa shape index (κ1) is 21.1. The van der Waals surface area contributed by atoms with E-state index in [0.29, 0.717) is 15.7 Å². The van der Waals surface area contributed by atoms with Crippen LogP contribution in [0.25, 0.3) is 0 Å². The number of nitrogens with one attached hydrogen (secondary N) is 1. The molecule has 1 N–H and O–H groups in total. The van der Waals surface area contributed by atoms with Crippen molar-refractivity contribution in [3.8, 4) is 0 Å². The van der Waals surface area contributed by atoms with Crippen molar-refractivity contribution in [1.29, 1.82) is 0 Å². The van der Waals surface area contributed by atoms with Gasteiger partial charge in [-0.1, -0.05) is 52.3 Å². The molecule has 4 rings (SSSR count). The molecule has 1 aliphatic rings. The first-order chi connectivity index (χ1) is 14.9. The van der Waals surface area contributed by atoms with Crippen molar-refractivity contribution >= 4 is 61.0 Å². The van der Waals surface area contributed by atoms with Gasteiger partial charge in [-0.05, 0) is 40.2 Å². The smallest absolute Gasteiger partial charge is 0.339 e. The van der Waals surface area contributed by atoms with Gasteiger partial charge >= 0.3 is 5.97 Å². The molecule has 0 aliphatic heterocycles. The molecular formula is C23H13Br2NO5. The number of esters is 1. The SMILES string of the molecule is O=C(COC(=O)c1cccc2c1C(=O)c1ccccc1C2=O)Nc1ccc(Br)cc1Br. The molecule has 3 aromatic rings. The van der Waals surface area contributed by atoms with Crippen LogP contribution in [0.3, 0.4) is 0 Å². The lowest BCUT2D eigenvalue weighted by Crippen LogP contribution is -2.26.